The molecule has 0 unspecified atom stereocenters. The van der Waals surface area contributed by atoms with Gasteiger partial charge in [0.2, 0.25) is 11.8 Å². The SMILES string of the molecule is CN1CCCCN(C(=O)Cn2ccnc2)CCCCOc2ccc(Cl)cc2C(=O)N(C)[C@@H](Cc2ccccc2)C1=O. The highest BCUT2D eigenvalue weighted by Crippen LogP contribution is 2.26. The van der Waals surface area contributed by atoms with Crippen LogP contribution < -0.4 is 4.74 Å². The van der Waals surface area contributed by atoms with Gasteiger partial charge in [0, 0.05) is 57.6 Å². The molecule has 0 bridgehead atoms. The number of nitrogens with zero attached hydrogens (tertiary/aromatic N) is 5. The molecular weight excluding hydrogens is 542 g/mol. The van der Waals surface area contributed by atoms with E-state index in [9.17, 15) is 14.4 Å². The number of fused-ring (bicyclic) bond motifs is 1. The van der Waals surface area contributed by atoms with Crippen LogP contribution in [-0.4, -0.2) is 88.4 Å². The second-order valence-corrected chi connectivity index (χ2v) is 10.8. The van der Waals surface area contributed by atoms with Crippen molar-refractivity contribution in [2.75, 3.05) is 40.3 Å². The molecule has 3 amide bonds. The van der Waals surface area contributed by atoms with Crippen molar-refractivity contribution in [3.05, 3.63) is 83.4 Å². The second kappa shape index (κ2) is 14.7. The molecule has 2 heterocycles. The highest BCUT2D eigenvalue weighted by atomic mass is 35.5. The van der Waals surface area contributed by atoms with E-state index in [0.717, 1.165) is 24.8 Å². The number of benzene rings is 2. The second-order valence-electron chi connectivity index (χ2n) is 10.4. The van der Waals surface area contributed by atoms with Crippen LogP contribution in [0.3, 0.4) is 0 Å². The number of imidazole rings is 1. The third kappa shape index (κ3) is 8.33. The van der Waals surface area contributed by atoms with E-state index in [1.807, 2.05) is 35.2 Å². The highest BCUT2D eigenvalue weighted by molar-refractivity contribution is 6.31. The van der Waals surface area contributed by atoms with Crippen molar-refractivity contribution < 1.29 is 19.1 Å². The van der Waals surface area contributed by atoms with Crippen molar-refractivity contribution in [2.24, 2.45) is 0 Å². The summed E-state index contributed by atoms with van der Waals surface area (Å²) >= 11 is 6.29. The van der Waals surface area contributed by atoms with Gasteiger partial charge in [0.1, 0.15) is 18.3 Å². The Kier molecular flexibility index (Phi) is 10.8. The molecule has 10 heteroatoms. The molecule has 218 valence electrons. The number of aromatic nitrogens is 2. The first-order valence-corrected chi connectivity index (χ1v) is 14.4. The number of rotatable bonds is 4. The Morgan fingerprint density at radius 3 is 2.46 bits per heavy atom. The van der Waals surface area contributed by atoms with Gasteiger partial charge in [0.25, 0.3) is 5.91 Å². The van der Waals surface area contributed by atoms with E-state index < -0.39 is 6.04 Å². The van der Waals surface area contributed by atoms with Crippen LogP contribution in [-0.2, 0) is 22.6 Å². The van der Waals surface area contributed by atoms with Crippen LogP contribution in [0.4, 0.5) is 0 Å². The zero-order chi connectivity index (χ0) is 29.2. The molecule has 41 heavy (non-hydrogen) atoms. The Hall–Kier alpha value is -3.85. The minimum absolute atomic E-state index is 0.0291. The van der Waals surface area contributed by atoms with E-state index in [4.69, 9.17) is 16.3 Å². The molecule has 0 saturated carbocycles. The van der Waals surface area contributed by atoms with Crippen molar-refractivity contribution in [3.8, 4) is 5.75 Å². The number of ether oxygens (including phenoxy) is 1. The summed E-state index contributed by atoms with van der Waals surface area (Å²) < 4.78 is 7.82. The minimum atomic E-state index is -0.717. The van der Waals surface area contributed by atoms with E-state index in [2.05, 4.69) is 4.98 Å². The molecule has 0 saturated heterocycles. The summed E-state index contributed by atoms with van der Waals surface area (Å²) in [5.41, 5.74) is 1.27. The van der Waals surface area contributed by atoms with Crippen molar-refractivity contribution >= 4 is 29.3 Å². The van der Waals surface area contributed by atoms with Crippen molar-refractivity contribution in [2.45, 2.75) is 44.7 Å². The standard InChI is InChI=1S/C31H38ClN5O4/c1-34-15-6-7-16-37(29(38)22-36-18-14-33-23-36)17-8-9-19-41-28-13-12-25(32)21-26(28)30(39)35(2)27(31(34)40)20-24-10-4-3-5-11-24/h3-5,10-14,18,21,23,27H,6-9,15-17,19-20,22H2,1-2H3/t27-/m0/s1. The lowest BCUT2D eigenvalue weighted by Crippen LogP contribution is -2.49. The van der Waals surface area contributed by atoms with Crippen LogP contribution in [0.25, 0.3) is 0 Å². The largest absolute Gasteiger partial charge is 0.493 e. The first-order valence-electron chi connectivity index (χ1n) is 14.1. The maximum Gasteiger partial charge on any atom is 0.258 e. The molecule has 9 nitrogen and oxygen atoms in total. The average Bonchev–Trinajstić information content (AvgIpc) is 3.49. The van der Waals surface area contributed by atoms with Gasteiger partial charge in [-0.1, -0.05) is 41.9 Å². The Morgan fingerprint density at radius 2 is 1.73 bits per heavy atom. The van der Waals surface area contributed by atoms with Crippen molar-refractivity contribution in [3.63, 3.8) is 0 Å². The molecule has 3 aromatic rings. The van der Waals surface area contributed by atoms with Gasteiger partial charge in [0.15, 0.2) is 0 Å². The number of carbonyl (C=O) groups excluding carboxylic acids is 3. The number of amides is 3. The molecule has 0 spiro atoms. The summed E-state index contributed by atoms with van der Waals surface area (Å²) in [6.07, 6.45) is 8.40. The zero-order valence-electron chi connectivity index (χ0n) is 23.7. The normalized spacial score (nSPS) is 18.0. The van der Waals surface area contributed by atoms with Crippen molar-refractivity contribution in [1.29, 1.82) is 0 Å². The summed E-state index contributed by atoms with van der Waals surface area (Å²) in [4.78, 5) is 49.8. The summed E-state index contributed by atoms with van der Waals surface area (Å²) in [5.74, 6) is -0.0263. The van der Waals surface area contributed by atoms with Gasteiger partial charge in [-0.25, -0.2) is 4.98 Å². The van der Waals surface area contributed by atoms with Crippen LogP contribution in [0.5, 0.6) is 5.75 Å². The lowest BCUT2D eigenvalue weighted by Gasteiger charge is -2.31. The first kappa shape index (κ1) is 30.1. The molecule has 0 fully saturated rings. The average molecular weight is 580 g/mol. The highest BCUT2D eigenvalue weighted by Gasteiger charge is 2.31. The molecule has 0 radical (unpaired) electrons. The van der Waals surface area contributed by atoms with E-state index >= 15 is 0 Å². The molecule has 1 aliphatic rings. The lowest BCUT2D eigenvalue weighted by atomic mass is 10.0. The van der Waals surface area contributed by atoms with Crippen LogP contribution in [0.1, 0.15) is 41.6 Å². The summed E-state index contributed by atoms with van der Waals surface area (Å²) in [6.45, 7) is 2.33. The van der Waals surface area contributed by atoms with Gasteiger partial charge >= 0.3 is 0 Å². The molecule has 1 aromatic heterocycles. The number of halogens is 1. The topological polar surface area (TPSA) is 88.0 Å². The van der Waals surface area contributed by atoms with E-state index in [1.165, 1.54) is 4.90 Å². The van der Waals surface area contributed by atoms with Crippen molar-refractivity contribution in [1.82, 2.24) is 24.3 Å². The molecule has 2 aromatic carbocycles. The minimum Gasteiger partial charge on any atom is -0.493 e. The fraction of sp³-hybridized carbons (Fsp3) is 0.419. The van der Waals surface area contributed by atoms with Gasteiger partial charge in [0.05, 0.1) is 18.5 Å². The lowest BCUT2D eigenvalue weighted by molar-refractivity contribution is -0.135. The summed E-state index contributed by atoms with van der Waals surface area (Å²) in [5, 5.41) is 0.412. The van der Waals surface area contributed by atoms with Crippen LogP contribution in [0.2, 0.25) is 5.02 Å². The van der Waals surface area contributed by atoms with Gasteiger partial charge in [-0.2, -0.15) is 0 Å². The molecule has 1 aliphatic heterocycles. The van der Waals surface area contributed by atoms with Crippen LogP contribution >= 0.6 is 11.6 Å². The molecule has 4 rings (SSSR count). The number of hydrogen-bond donors (Lipinski definition) is 0. The third-order valence-electron chi connectivity index (χ3n) is 7.37. The van der Waals surface area contributed by atoms with Crippen LogP contribution in [0.15, 0.2) is 67.3 Å². The molecule has 0 aliphatic carbocycles. The predicted molar refractivity (Wildman–Crippen MR) is 158 cm³/mol. The van der Waals surface area contributed by atoms with Gasteiger partial charge < -0.3 is 24.0 Å². The van der Waals surface area contributed by atoms with Gasteiger partial charge in [-0.15, -0.1) is 0 Å². The van der Waals surface area contributed by atoms with Gasteiger partial charge in [-0.3, -0.25) is 14.4 Å². The van der Waals surface area contributed by atoms with E-state index in [1.54, 1.807) is 60.5 Å². The Labute approximate surface area is 246 Å². The van der Waals surface area contributed by atoms with Crippen LogP contribution in [0, 0.1) is 0 Å². The monoisotopic (exact) mass is 579 g/mol. The quantitative estimate of drug-likeness (QED) is 0.463. The maximum absolute atomic E-state index is 13.8. The summed E-state index contributed by atoms with van der Waals surface area (Å²) in [6, 6.07) is 13.9. The number of carbonyl (C=O) groups is 3. The zero-order valence-corrected chi connectivity index (χ0v) is 24.5. The number of likely N-dealkylation sites (N-methyl/N-ethyl adjacent to an activating group) is 2. The summed E-state index contributed by atoms with van der Waals surface area (Å²) in [7, 11) is 3.42. The fourth-order valence-electron chi connectivity index (χ4n) is 4.95. The predicted octanol–water partition coefficient (Wildman–Crippen LogP) is 4.16. The fourth-order valence-corrected chi connectivity index (χ4v) is 5.13. The first-order chi connectivity index (χ1) is 19.8. The van der Waals surface area contributed by atoms with E-state index in [0.29, 0.717) is 55.4 Å². The maximum atomic E-state index is 13.8. The van der Waals surface area contributed by atoms with Gasteiger partial charge in [-0.05, 0) is 49.4 Å². The Morgan fingerprint density at radius 1 is 1.00 bits per heavy atom. The smallest absolute Gasteiger partial charge is 0.258 e. The Bertz CT molecular complexity index is 1300. The molecule has 0 N–H and O–H groups in total. The third-order valence-corrected chi connectivity index (χ3v) is 7.61. The molecular formula is C31H38ClN5O4. The van der Waals surface area contributed by atoms with E-state index in [-0.39, 0.29) is 24.3 Å². The Balaban J connectivity index is 1.57. The molecule has 1 atom stereocenters. The number of hydrogen-bond acceptors (Lipinski definition) is 5.